The number of carbonyl (C=O) groups is 2. The fourth-order valence-electron chi connectivity index (χ4n) is 4.37. The fourth-order valence-corrected chi connectivity index (χ4v) is 4.37. The molecule has 0 aromatic carbocycles. The number of cyclic esters (lactones) is 1. The minimum Gasteiger partial charge on any atom is -0.448 e. The van der Waals surface area contributed by atoms with E-state index in [1.165, 1.54) is 24.2 Å². The Balaban J connectivity index is 1.52. The van der Waals surface area contributed by atoms with Gasteiger partial charge in [-0.15, -0.1) is 0 Å². The number of carbonyl (C=O) groups excluding carboxylic acids is 2. The summed E-state index contributed by atoms with van der Waals surface area (Å²) in [6.45, 7) is 4.83. The van der Waals surface area contributed by atoms with E-state index >= 15 is 0 Å². The molecule has 4 rings (SSSR count). The Labute approximate surface area is 165 Å². The first-order valence-corrected chi connectivity index (χ1v) is 10.2. The first-order chi connectivity index (χ1) is 13.6. The van der Waals surface area contributed by atoms with Crippen LogP contribution < -0.4 is 0 Å². The van der Waals surface area contributed by atoms with E-state index in [2.05, 4.69) is 10.00 Å². The van der Waals surface area contributed by atoms with Crippen LogP contribution >= 0.6 is 0 Å². The lowest BCUT2D eigenvalue weighted by Crippen LogP contribution is -2.54. The van der Waals surface area contributed by atoms with Gasteiger partial charge in [0.25, 0.3) is 0 Å². The van der Waals surface area contributed by atoms with E-state index in [0.717, 1.165) is 25.2 Å². The van der Waals surface area contributed by atoms with Gasteiger partial charge in [-0.1, -0.05) is 6.42 Å². The molecule has 0 bridgehead atoms. The van der Waals surface area contributed by atoms with Gasteiger partial charge in [-0.25, -0.2) is 4.79 Å². The van der Waals surface area contributed by atoms with Crippen LogP contribution in [0.5, 0.6) is 0 Å². The number of hydrogen-bond donors (Lipinski definition) is 0. The lowest BCUT2D eigenvalue weighted by Gasteiger charge is -2.43. The quantitative estimate of drug-likeness (QED) is 0.732. The normalized spacial score (nSPS) is 26.5. The Morgan fingerprint density at radius 3 is 2.68 bits per heavy atom. The van der Waals surface area contributed by atoms with Gasteiger partial charge in [0, 0.05) is 31.9 Å². The summed E-state index contributed by atoms with van der Waals surface area (Å²) in [5.41, 5.74) is 0.974. The van der Waals surface area contributed by atoms with E-state index in [1.54, 1.807) is 4.68 Å². The number of likely N-dealkylation sites (tertiary alicyclic amines) is 1. The van der Waals surface area contributed by atoms with Crippen molar-refractivity contribution in [2.45, 2.75) is 31.4 Å². The molecule has 3 fully saturated rings. The summed E-state index contributed by atoms with van der Waals surface area (Å²) in [5.74, 6) is -0.0698. The van der Waals surface area contributed by atoms with E-state index in [0.29, 0.717) is 26.3 Å². The summed E-state index contributed by atoms with van der Waals surface area (Å²) < 4.78 is 12.9. The Kier molecular flexibility index (Phi) is 5.82. The molecule has 9 nitrogen and oxygen atoms in total. The van der Waals surface area contributed by atoms with Gasteiger partial charge in [0.1, 0.15) is 13.2 Å². The standard InChI is InChI=1S/C19H29N5O4/c1-21-12-15(11-20-21)18-16(13-22-5-3-2-4-6-22)27-10-8-24(18)17(25)14-23-7-9-28-19(23)26/h11-12,16,18H,2-10,13-14H2,1H3/t16-,18-/m0/s1. The van der Waals surface area contributed by atoms with Crippen molar-refractivity contribution in [2.75, 3.05) is 52.5 Å². The Morgan fingerprint density at radius 2 is 2.00 bits per heavy atom. The summed E-state index contributed by atoms with van der Waals surface area (Å²) in [5, 5.41) is 4.31. The molecule has 0 saturated carbocycles. The van der Waals surface area contributed by atoms with Crippen molar-refractivity contribution in [1.82, 2.24) is 24.5 Å². The molecule has 9 heteroatoms. The lowest BCUT2D eigenvalue weighted by atomic mass is 9.99. The van der Waals surface area contributed by atoms with Crippen LogP contribution in [0, 0.1) is 0 Å². The van der Waals surface area contributed by atoms with Gasteiger partial charge in [0.15, 0.2) is 0 Å². The van der Waals surface area contributed by atoms with Crippen molar-refractivity contribution in [3.05, 3.63) is 18.0 Å². The number of hydrogen-bond acceptors (Lipinski definition) is 6. The maximum atomic E-state index is 13.1. The highest BCUT2D eigenvalue weighted by Gasteiger charge is 2.39. The van der Waals surface area contributed by atoms with Crippen molar-refractivity contribution in [2.24, 2.45) is 7.05 Å². The van der Waals surface area contributed by atoms with E-state index in [4.69, 9.17) is 9.47 Å². The van der Waals surface area contributed by atoms with Crippen molar-refractivity contribution in [3.8, 4) is 0 Å². The van der Waals surface area contributed by atoms with E-state index in [-0.39, 0.29) is 24.6 Å². The van der Waals surface area contributed by atoms with Crippen molar-refractivity contribution < 1.29 is 19.1 Å². The topological polar surface area (TPSA) is 80.1 Å². The summed E-state index contributed by atoms with van der Waals surface area (Å²) in [6.07, 6.45) is 6.95. The number of amides is 2. The van der Waals surface area contributed by atoms with E-state index in [1.807, 2.05) is 24.3 Å². The van der Waals surface area contributed by atoms with Crippen LogP contribution in [-0.2, 0) is 21.3 Å². The predicted octanol–water partition coefficient (Wildman–Crippen LogP) is 0.627. The van der Waals surface area contributed by atoms with Gasteiger partial charge < -0.3 is 19.3 Å². The van der Waals surface area contributed by atoms with Crippen LogP contribution in [0.4, 0.5) is 4.79 Å². The average molecular weight is 391 g/mol. The number of morpholine rings is 1. The van der Waals surface area contributed by atoms with Gasteiger partial charge in [0.2, 0.25) is 5.91 Å². The predicted molar refractivity (Wildman–Crippen MR) is 101 cm³/mol. The second-order valence-corrected chi connectivity index (χ2v) is 7.79. The second kappa shape index (κ2) is 8.48. The summed E-state index contributed by atoms with van der Waals surface area (Å²) in [6, 6.07) is -0.199. The molecule has 0 unspecified atom stereocenters. The molecule has 4 heterocycles. The molecule has 154 valence electrons. The molecule has 0 N–H and O–H groups in total. The first kappa shape index (κ1) is 19.2. The van der Waals surface area contributed by atoms with Gasteiger partial charge >= 0.3 is 6.09 Å². The highest BCUT2D eigenvalue weighted by molar-refractivity contribution is 5.83. The monoisotopic (exact) mass is 391 g/mol. The van der Waals surface area contributed by atoms with Gasteiger partial charge in [-0.2, -0.15) is 5.10 Å². The smallest absolute Gasteiger partial charge is 0.410 e. The van der Waals surface area contributed by atoms with Crippen LogP contribution in [0.25, 0.3) is 0 Å². The van der Waals surface area contributed by atoms with Gasteiger partial charge in [-0.05, 0) is 25.9 Å². The highest BCUT2D eigenvalue weighted by atomic mass is 16.6. The van der Waals surface area contributed by atoms with Crippen molar-refractivity contribution in [3.63, 3.8) is 0 Å². The number of aryl methyl sites for hydroxylation is 1. The minimum atomic E-state index is -0.413. The number of aromatic nitrogens is 2. The maximum absolute atomic E-state index is 13.1. The van der Waals surface area contributed by atoms with Crippen molar-refractivity contribution >= 4 is 12.0 Å². The Bertz CT molecular complexity index is 702. The van der Waals surface area contributed by atoms with Crippen LogP contribution in [0.1, 0.15) is 30.9 Å². The molecule has 0 aliphatic carbocycles. The van der Waals surface area contributed by atoms with Crippen LogP contribution in [0.3, 0.4) is 0 Å². The third-order valence-electron chi connectivity index (χ3n) is 5.80. The minimum absolute atomic E-state index is 0.0476. The summed E-state index contributed by atoms with van der Waals surface area (Å²) >= 11 is 0. The Hall–Kier alpha value is -2.13. The lowest BCUT2D eigenvalue weighted by molar-refractivity contribution is -0.149. The zero-order valence-electron chi connectivity index (χ0n) is 16.5. The Morgan fingerprint density at radius 1 is 1.18 bits per heavy atom. The number of nitrogens with zero attached hydrogens (tertiary/aromatic N) is 5. The molecule has 28 heavy (non-hydrogen) atoms. The molecule has 0 spiro atoms. The summed E-state index contributed by atoms with van der Waals surface area (Å²) in [4.78, 5) is 30.6. The van der Waals surface area contributed by atoms with Crippen LogP contribution in [-0.4, -0.2) is 95.1 Å². The number of ether oxygens (including phenoxy) is 2. The number of rotatable bonds is 5. The van der Waals surface area contributed by atoms with Crippen molar-refractivity contribution in [1.29, 1.82) is 0 Å². The molecule has 1 aromatic rings. The molecule has 3 aliphatic heterocycles. The second-order valence-electron chi connectivity index (χ2n) is 7.79. The molecular weight excluding hydrogens is 362 g/mol. The van der Waals surface area contributed by atoms with Crippen LogP contribution in [0.15, 0.2) is 12.4 Å². The molecule has 0 radical (unpaired) electrons. The largest absolute Gasteiger partial charge is 0.448 e. The third kappa shape index (κ3) is 4.15. The SMILES string of the molecule is Cn1cc([C@H]2[C@H](CN3CCCCC3)OCCN2C(=O)CN2CCOC2=O)cn1. The van der Waals surface area contributed by atoms with Gasteiger partial charge in [0.05, 0.1) is 31.5 Å². The zero-order chi connectivity index (χ0) is 19.5. The summed E-state index contributed by atoms with van der Waals surface area (Å²) in [7, 11) is 1.87. The van der Waals surface area contributed by atoms with E-state index in [9.17, 15) is 9.59 Å². The van der Waals surface area contributed by atoms with Crippen LogP contribution in [0.2, 0.25) is 0 Å². The zero-order valence-corrected chi connectivity index (χ0v) is 16.5. The maximum Gasteiger partial charge on any atom is 0.410 e. The average Bonchev–Trinajstić information content (AvgIpc) is 3.30. The molecule has 3 saturated heterocycles. The molecule has 2 amide bonds. The third-order valence-corrected chi connectivity index (χ3v) is 5.80. The molecule has 3 aliphatic rings. The number of piperidine rings is 1. The van der Waals surface area contributed by atoms with Gasteiger partial charge in [-0.3, -0.25) is 14.4 Å². The highest BCUT2D eigenvalue weighted by Crippen LogP contribution is 2.31. The fraction of sp³-hybridized carbons (Fsp3) is 0.737. The molecular formula is C19H29N5O4. The van der Waals surface area contributed by atoms with E-state index < -0.39 is 6.09 Å². The molecule has 2 atom stereocenters. The first-order valence-electron chi connectivity index (χ1n) is 10.2. The molecule has 1 aromatic heterocycles.